The summed E-state index contributed by atoms with van der Waals surface area (Å²) in [5, 5.41) is 9.04. The Hall–Kier alpha value is -5.07. The number of nitrogens with zero attached hydrogens (tertiary/aromatic N) is 6. The molecule has 12 heteroatoms. The lowest BCUT2D eigenvalue weighted by Crippen LogP contribution is -2.36. The summed E-state index contributed by atoms with van der Waals surface area (Å²) in [6.07, 6.45) is 6.01. The molecule has 52 heavy (non-hydrogen) atoms. The van der Waals surface area contributed by atoms with Gasteiger partial charge in [-0.2, -0.15) is 5.10 Å². The van der Waals surface area contributed by atoms with Crippen LogP contribution in [0.4, 0.5) is 4.79 Å². The third-order valence-electron chi connectivity index (χ3n) is 9.21. The van der Waals surface area contributed by atoms with Gasteiger partial charge in [-0.25, -0.2) is 14.5 Å². The minimum Gasteiger partial charge on any atom is -0.444 e. The van der Waals surface area contributed by atoms with E-state index in [1.807, 2.05) is 94.1 Å². The van der Waals surface area contributed by atoms with E-state index in [0.29, 0.717) is 55.7 Å². The number of carbonyl (C=O) groups is 2. The molecule has 0 saturated carbocycles. The van der Waals surface area contributed by atoms with Crippen LogP contribution in [0.5, 0.6) is 0 Å². The predicted octanol–water partition coefficient (Wildman–Crippen LogP) is 7.21. The lowest BCUT2D eigenvalue weighted by Gasteiger charge is -2.27. The number of pyridine rings is 1. The molecule has 5 aromatic rings. The van der Waals surface area contributed by atoms with Crippen molar-refractivity contribution in [3.8, 4) is 33.9 Å². The SMILES string of the molecule is CCN(Cc1cncc(-c2ccc3c(c2)c(-c2nc(-c4ccccc4)c(C(=O)NCCN(C)C)[nH]2)nn3C2CCCCO2)c1C)C(=O)OC(C)(C)C. The number of aromatic amines is 1. The lowest BCUT2D eigenvalue weighted by atomic mass is 9.97. The van der Waals surface area contributed by atoms with Gasteiger partial charge in [0.2, 0.25) is 0 Å². The van der Waals surface area contributed by atoms with Crippen molar-refractivity contribution >= 4 is 22.9 Å². The van der Waals surface area contributed by atoms with Gasteiger partial charge in [-0.15, -0.1) is 0 Å². The van der Waals surface area contributed by atoms with Crippen LogP contribution in [0.15, 0.2) is 60.9 Å². The summed E-state index contributed by atoms with van der Waals surface area (Å²) in [5.41, 5.74) is 6.54. The van der Waals surface area contributed by atoms with Crippen molar-refractivity contribution in [1.82, 2.24) is 39.8 Å². The largest absolute Gasteiger partial charge is 0.444 e. The first kappa shape index (κ1) is 36.7. The van der Waals surface area contributed by atoms with Gasteiger partial charge in [0.05, 0.1) is 12.1 Å². The van der Waals surface area contributed by atoms with E-state index in [0.717, 1.165) is 58.0 Å². The number of nitrogens with one attached hydrogen (secondary N) is 2. The van der Waals surface area contributed by atoms with Gasteiger partial charge in [0, 0.05) is 55.1 Å². The number of H-pyrrole nitrogens is 1. The number of carbonyl (C=O) groups excluding carboxylic acids is 2. The van der Waals surface area contributed by atoms with Gasteiger partial charge in [-0.3, -0.25) is 9.78 Å². The second kappa shape index (κ2) is 15.7. The Morgan fingerprint density at radius 2 is 1.85 bits per heavy atom. The molecule has 1 fully saturated rings. The van der Waals surface area contributed by atoms with E-state index in [1.54, 1.807) is 4.90 Å². The fraction of sp³-hybridized carbons (Fsp3) is 0.425. The number of rotatable bonds is 11. The number of amides is 2. The van der Waals surface area contributed by atoms with Gasteiger partial charge < -0.3 is 29.6 Å². The van der Waals surface area contributed by atoms with Crippen molar-refractivity contribution in [2.24, 2.45) is 0 Å². The zero-order valence-corrected chi connectivity index (χ0v) is 31.3. The van der Waals surface area contributed by atoms with E-state index < -0.39 is 5.60 Å². The van der Waals surface area contributed by atoms with Gasteiger partial charge in [-0.05, 0) is 96.8 Å². The van der Waals surface area contributed by atoms with Gasteiger partial charge in [0.1, 0.15) is 22.7 Å². The number of imidazole rings is 1. The second-order valence-corrected chi connectivity index (χ2v) is 14.5. The summed E-state index contributed by atoms with van der Waals surface area (Å²) < 4.78 is 13.8. The molecule has 3 aromatic heterocycles. The maximum absolute atomic E-state index is 13.6. The molecule has 1 aliphatic rings. The van der Waals surface area contributed by atoms with Crippen molar-refractivity contribution < 1.29 is 19.1 Å². The molecule has 0 radical (unpaired) electrons. The molecule has 2 N–H and O–H groups in total. The van der Waals surface area contributed by atoms with Crippen LogP contribution in [-0.4, -0.2) is 92.5 Å². The van der Waals surface area contributed by atoms with Gasteiger partial charge in [0.15, 0.2) is 12.1 Å². The van der Waals surface area contributed by atoms with Gasteiger partial charge in [0.25, 0.3) is 5.91 Å². The molecule has 1 aliphatic heterocycles. The predicted molar refractivity (Wildman–Crippen MR) is 203 cm³/mol. The molecule has 12 nitrogen and oxygen atoms in total. The van der Waals surface area contributed by atoms with Crippen LogP contribution in [0.3, 0.4) is 0 Å². The Labute approximate surface area is 305 Å². The van der Waals surface area contributed by atoms with E-state index >= 15 is 0 Å². The molecule has 2 amide bonds. The van der Waals surface area contributed by atoms with Crippen molar-refractivity contribution in [2.75, 3.05) is 40.3 Å². The summed E-state index contributed by atoms with van der Waals surface area (Å²) >= 11 is 0. The molecule has 0 bridgehead atoms. The third kappa shape index (κ3) is 8.18. The number of ether oxygens (including phenoxy) is 2. The zero-order valence-electron chi connectivity index (χ0n) is 31.3. The van der Waals surface area contributed by atoms with Crippen LogP contribution in [0.25, 0.3) is 44.8 Å². The molecule has 1 saturated heterocycles. The van der Waals surface area contributed by atoms with Gasteiger partial charge in [-0.1, -0.05) is 36.4 Å². The highest BCUT2D eigenvalue weighted by Crippen LogP contribution is 2.37. The number of hydrogen-bond acceptors (Lipinski definition) is 8. The fourth-order valence-corrected chi connectivity index (χ4v) is 6.41. The van der Waals surface area contributed by atoms with Crippen molar-refractivity contribution in [3.63, 3.8) is 0 Å². The number of aromatic nitrogens is 5. The van der Waals surface area contributed by atoms with Crippen LogP contribution in [-0.2, 0) is 16.0 Å². The molecule has 0 aliphatic carbocycles. The van der Waals surface area contributed by atoms with E-state index in [2.05, 4.69) is 40.4 Å². The Morgan fingerprint density at radius 3 is 2.54 bits per heavy atom. The molecule has 1 unspecified atom stereocenters. The van der Waals surface area contributed by atoms with Crippen LogP contribution >= 0.6 is 0 Å². The van der Waals surface area contributed by atoms with Crippen LogP contribution in [0.1, 0.15) is 74.8 Å². The van der Waals surface area contributed by atoms with Crippen molar-refractivity contribution in [3.05, 3.63) is 77.7 Å². The molecular formula is C40H50N8O4. The number of likely N-dealkylation sites (N-methyl/N-ethyl adjacent to an activating group) is 1. The van der Waals surface area contributed by atoms with E-state index in [1.165, 1.54) is 0 Å². The molecule has 2 aromatic carbocycles. The number of benzene rings is 2. The first-order valence-electron chi connectivity index (χ1n) is 18.1. The highest BCUT2D eigenvalue weighted by molar-refractivity contribution is 6.01. The molecule has 0 spiro atoms. The molecule has 1 atom stereocenters. The lowest BCUT2D eigenvalue weighted by molar-refractivity contribution is -0.0365. The smallest absolute Gasteiger partial charge is 0.410 e. The standard InChI is InChI=1S/C40H50N8O4/c1-8-47(39(50)52-40(3,4)5)25-29-23-41-24-31(26(29)2)28-17-18-32-30(22-28)35(45-48(32)33-16-12-13-21-51-33)37-43-34(27-14-10-9-11-15-27)36(44-37)38(49)42-19-20-46(6)7/h9-11,14-15,17-18,22-24,33H,8,12-13,16,19-21,25H2,1-7H3,(H,42,49)(H,43,44). The molecule has 4 heterocycles. The molecule has 6 rings (SSSR count). The monoisotopic (exact) mass is 706 g/mol. The molecule has 274 valence electrons. The summed E-state index contributed by atoms with van der Waals surface area (Å²) in [4.78, 5) is 43.3. The molecular weight excluding hydrogens is 656 g/mol. The Balaban J connectivity index is 1.44. The summed E-state index contributed by atoms with van der Waals surface area (Å²) in [6.45, 7) is 12.3. The average Bonchev–Trinajstić information content (AvgIpc) is 3.73. The number of hydrogen-bond donors (Lipinski definition) is 2. The maximum atomic E-state index is 13.6. The maximum Gasteiger partial charge on any atom is 0.410 e. The average molecular weight is 707 g/mol. The third-order valence-corrected chi connectivity index (χ3v) is 9.21. The fourth-order valence-electron chi connectivity index (χ4n) is 6.41. The van der Waals surface area contributed by atoms with E-state index in [9.17, 15) is 9.59 Å². The highest BCUT2D eigenvalue weighted by atomic mass is 16.6. The van der Waals surface area contributed by atoms with Crippen molar-refractivity contribution in [1.29, 1.82) is 0 Å². The Morgan fingerprint density at radius 1 is 1.06 bits per heavy atom. The highest BCUT2D eigenvalue weighted by Gasteiger charge is 2.27. The van der Waals surface area contributed by atoms with Crippen LogP contribution in [0, 0.1) is 6.92 Å². The number of fused-ring (bicyclic) bond motifs is 1. The van der Waals surface area contributed by atoms with Crippen LogP contribution in [0.2, 0.25) is 0 Å². The van der Waals surface area contributed by atoms with Crippen molar-refractivity contribution in [2.45, 2.75) is 72.3 Å². The Kier molecular flexibility index (Phi) is 11.1. The van der Waals surface area contributed by atoms with Crippen LogP contribution < -0.4 is 5.32 Å². The minimum absolute atomic E-state index is 0.215. The zero-order chi connectivity index (χ0) is 37.0. The summed E-state index contributed by atoms with van der Waals surface area (Å²) in [5.74, 6) is 0.262. The topological polar surface area (TPSA) is 130 Å². The minimum atomic E-state index is -0.591. The van der Waals surface area contributed by atoms with E-state index in [4.69, 9.17) is 19.6 Å². The van der Waals surface area contributed by atoms with Gasteiger partial charge >= 0.3 is 6.09 Å². The second-order valence-electron chi connectivity index (χ2n) is 14.5. The summed E-state index contributed by atoms with van der Waals surface area (Å²) in [7, 11) is 3.94. The summed E-state index contributed by atoms with van der Waals surface area (Å²) in [6, 6.07) is 16.0. The Bertz CT molecular complexity index is 2020. The first-order valence-corrected chi connectivity index (χ1v) is 18.1. The quantitative estimate of drug-likeness (QED) is 0.147. The van der Waals surface area contributed by atoms with E-state index in [-0.39, 0.29) is 18.2 Å². The normalized spacial score (nSPS) is 14.9. The first-order chi connectivity index (χ1) is 24.9.